The lowest BCUT2D eigenvalue weighted by Gasteiger charge is -2.24. The molecule has 6 heteroatoms. The SMILES string of the molecule is C=C(C(=C)c1ncc(CC)cn1)C(=N)c1c(C)ncnc1NC(C)(C)C. The first-order valence-corrected chi connectivity index (χ1v) is 8.52. The molecule has 6 nitrogen and oxygen atoms in total. The van der Waals surface area contributed by atoms with Crippen LogP contribution in [0.15, 0.2) is 37.5 Å². The largest absolute Gasteiger partial charge is 0.365 e. The minimum absolute atomic E-state index is 0.201. The molecule has 0 amide bonds. The third kappa shape index (κ3) is 4.39. The van der Waals surface area contributed by atoms with Crippen LogP contribution >= 0.6 is 0 Å². The fourth-order valence-corrected chi connectivity index (χ4v) is 2.35. The molecule has 0 spiro atoms. The minimum atomic E-state index is -0.201. The van der Waals surface area contributed by atoms with Gasteiger partial charge in [-0.15, -0.1) is 0 Å². The van der Waals surface area contributed by atoms with E-state index in [1.54, 1.807) is 12.4 Å². The fourth-order valence-electron chi connectivity index (χ4n) is 2.35. The highest BCUT2D eigenvalue weighted by Gasteiger charge is 2.22. The normalized spacial score (nSPS) is 11.1. The molecule has 0 aliphatic rings. The van der Waals surface area contributed by atoms with E-state index in [1.165, 1.54) is 6.33 Å². The second-order valence-electron chi connectivity index (χ2n) is 7.16. The molecular formula is C20H26N6. The van der Waals surface area contributed by atoms with Crippen molar-refractivity contribution in [1.29, 1.82) is 5.41 Å². The molecule has 0 radical (unpaired) electrons. The van der Waals surface area contributed by atoms with Gasteiger partial charge in [0.05, 0.1) is 17.0 Å². The van der Waals surface area contributed by atoms with Crippen molar-refractivity contribution in [1.82, 2.24) is 19.9 Å². The molecule has 0 atom stereocenters. The summed E-state index contributed by atoms with van der Waals surface area (Å²) in [5.74, 6) is 1.07. The van der Waals surface area contributed by atoms with E-state index in [9.17, 15) is 0 Å². The van der Waals surface area contributed by atoms with Crippen LogP contribution in [0.4, 0.5) is 5.82 Å². The lowest BCUT2D eigenvalue weighted by atomic mass is 9.96. The lowest BCUT2D eigenvalue weighted by Crippen LogP contribution is -2.28. The summed E-state index contributed by atoms with van der Waals surface area (Å²) < 4.78 is 0. The van der Waals surface area contributed by atoms with Gasteiger partial charge in [-0.25, -0.2) is 19.9 Å². The van der Waals surface area contributed by atoms with Crippen LogP contribution in [0.25, 0.3) is 5.57 Å². The Morgan fingerprint density at radius 1 is 1.12 bits per heavy atom. The second-order valence-corrected chi connectivity index (χ2v) is 7.16. The van der Waals surface area contributed by atoms with Crippen LogP contribution in [0.5, 0.6) is 0 Å². The summed E-state index contributed by atoms with van der Waals surface area (Å²) in [5, 5.41) is 12.0. The lowest BCUT2D eigenvalue weighted by molar-refractivity contribution is 0.629. The Kier molecular flexibility index (Phi) is 5.65. The van der Waals surface area contributed by atoms with Gasteiger partial charge in [-0.05, 0) is 39.7 Å². The van der Waals surface area contributed by atoms with E-state index in [4.69, 9.17) is 5.41 Å². The first kappa shape index (κ1) is 19.4. The third-order valence-corrected chi connectivity index (χ3v) is 3.83. The van der Waals surface area contributed by atoms with Crippen molar-refractivity contribution in [2.24, 2.45) is 0 Å². The first-order chi connectivity index (χ1) is 12.1. The van der Waals surface area contributed by atoms with E-state index in [2.05, 4.69) is 38.4 Å². The Balaban J connectivity index is 2.35. The zero-order valence-electron chi connectivity index (χ0n) is 16.1. The molecule has 0 saturated carbocycles. The van der Waals surface area contributed by atoms with Crippen LogP contribution in [0.2, 0.25) is 0 Å². The number of aryl methyl sites for hydroxylation is 2. The van der Waals surface area contributed by atoms with E-state index in [0.717, 1.165) is 12.0 Å². The molecule has 0 aliphatic heterocycles. The van der Waals surface area contributed by atoms with Gasteiger partial charge in [0, 0.05) is 29.1 Å². The Morgan fingerprint density at radius 2 is 1.73 bits per heavy atom. The van der Waals surface area contributed by atoms with Crippen LogP contribution in [0.1, 0.15) is 50.3 Å². The Hall–Kier alpha value is -2.89. The van der Waals surface area contributed by atoms with Gasteiger partial charge in [0.15, 0.2) is 5.82 Å². The summed E-state index contributed by atoms with van der Waals surface area (Å²) in [6.07, 6.45) is 5.90. The van der Waals surface area contributed by atoms with Gasteiger partial charge < -0.3 is 5.32 Å². The standard InChI is InChI=1S/C20H26N6/c1-8-15-9-22-18(23-10-15)13(3)12(2)17(21)16-14(4)24-11-25-19(16)26-20(5,6)7/h9-11,21H,2-3,8H2,1,4-7H3,(H,24,25,26). The Labute approximate surface area is 155 Å². The van der Waals surface area contributed by atoms with Crippen molar-refractivity contribution in [2.45, 2.75) is 46.6 Å². The molecule has 0 aliphatic carbocycles. The smallest absolute Gasteiger partial charge is 0.159 e. The van der Waals surface area contributed by atoms with Crippen LogP contribution in [0.3, 0.4) is 0 Å². The number of hydrogen-bond donors (Lipinski definition) is 2. The molecule has 0 unspecified atom stereocenters. The molecule has 0 fully saturated rings. The highest BCUT2D eigenvalue weighted by atomic mass is 15.1. The predicted molar refractivity (Wildman–Crippen MR) is 107 cm³/mol. The molecule has 136 valence electrons. The van der Waals surface area contributed by atoms with E-state index >= 15 is 0 Å². The number of nitrogens with zero attached hydrogens (tertiary/aromatic N) is 4. The van der Waals surface area contributed by atoms with Crippen molar-refractivity contribution in [3.63, 3.8) is 0 Å². The van der Waals surface area contributed by atoms with Gasteiger partial charge in [0.2, 0.25) is 0 Å². The Bertz CT molecular complexity index is 844. The van der Waals surface area contributed by atoms with E-state index < -0.39 is 0 Å². The molecule has 2 rings (SSSR count). The van der Waals surface area contributed by atoms with Crippen LogP contribution < -0.4 is 5.32 Å². The number of hydrogen-bond acceptors (Lipinski definition) is 6. The average molecular weight is 350 g/mol. The summed E-state index contributed by atoms with van der Waals surface area (Å²) in [4.78, 5) is 17.2. The van der Waals surface area contributed by atoms with Gasteiger partial charge in [-0.1, -0.05) is 20.1 Å². The molecule has 2 N–H and O–H groups in total. The van der Waals surface area contributed by atoms with Crippen molar-refractivity contribution < 1.29 is 0 Å². The number of nitrogens with one attached hydrogen (secondary N) is 2. The van der Waals surface area contributed by atoms with Crippen LogP contribution in [0, 0.1) is 12.3 Å². The van der Waals surface area contributed by atoms with Crippen LogP contribution in [-0.2, 0) is 6.42 Å². The molecule has 2 aromatic heterocycles. The molecule has 0 bridgehead atoms. The van der Waals surface area contributed by atoms with Crippen molar-refractivity contribution >= 4 is 17.1 Å². The number of anilines is 1. The fraction of sp³-hybridized carbons (Fsp3) is 0.350. The average Bonchev–Trinajstić information content (AvgIpc) is 2.59. The highest BCUT2D eigenvalue weighted by Crippen LogP contribution is 2.26. The predicted octanol–water partition coefficient (Wildman–Crippen LogP) is 3.99. The highest BCUT2D eigenvalue weighted by molar-refractivity contribution is 6.21. The number of allylic oxidation sites excluding steroid dienone is 2. The maximum Gasteiger partial charge on any atom is 0.159 e. The summed E-state index contributed by atoms with van der Waals surface area (Å²) in [6.45, 7) is 18.1. The van der Waals surface area contributed by atoms with Gasteiger partial charge in [0.25, 0.3) is 0 Å². The number of rotatable bonds is 6. The maximum absolute atomic E-state index is 8.65. The summed E-state index contributed by atoms with van der Waals surface area (Å²) in [5.41, 5.74) is 3.33. The van der Waals surface area contributed by atoms with Crippen molar-refractivity contribution in [2.75, 3.05) is 5.32 Å². The Morgan fingerprint density at radius 3 is 2.27 bits per heavy atom. The number of aromatic nitrogens is 4. The monoisotopic (exact) mass is 350 g/mol. The van der Waals surface area contributed by atoms with Gasteiger partial charge in [0.1, 0.15) is 12.1 Å². The molecule has 0 aromatic carbocycles. The second kappa shape index (κ2) is 7.56. The van der Waals surface area contributed by atoms with Gasteiger partial charge in [-0.3, -0.25) is 5.41 Å². The van der Waals surface area contributed by atoms with E-state index in [1.807, 2.05) is 34.6 Å². The summed E-state index contributed by atoms with van der Waals surface area (Å²) in [6, 6.07) is 0. The zero-order chi connectivity index (χ0) is 19.5. The molecular weight excluding hydrogens is 324 g/mol. The summed E-state index contributed by atoms with van der Waals surface area (Å²) >= 11 is 0. The zero-order valence-corrected chi connectivity index (χ0v) is 16.1. The maximum atomic E-state index is 8.65. The molecule has 26 heavy (non-hydrogen) atoms. The molecule has 0 saturated heterocycles. The van der Waals surface area contributed by atoms with Gasteiger partial charge in [-0.2, -0.15) is 0 Å². The first-order valence-electron chi connectivity index (χ1n) is 8.52. The quantitative estimate of drug-likeness (QED) is 0.607. The van der Waals surface area contributed by atoms with Crippen molar-refractivity contribution in [3.8, 4) is 0 Å². The van der Waals surface area contributed by atoms with Gasteiger partial charge >= 0.3 is 0 Å². The van der Waals surface area contributed by atoms with E-state index in [-0.39, 0.29) is 11.3 Å². The van der Waals surface area contributed by atoms with Crippen molar-refractivity contribution in [3.05, 3.63) is 60.1 Å². The topological polar surface area (TPSA) is 87.4 Å². The van der Waals surface area contributed by atoms with E-state index in [0.29, 0.717) is 34.0 Å². The minimum Gasteiger partial charge on any atom is -0.365 e. The molecule has 2 aromatic rings. The summed E-state index contributed by atoms with van der Waals surface area (Å²) in [7, 11) is 0. The molecule has 2 heterocycles. The third-order valence-electron chi connectivity index (χ3n) is 3.83. The van der Waals surface area contributed by atoms with Crippen LogP contribution in [-0.4, -0.2) is 31.2 Å².